The summed E-state index contributed by atoms with van der Waals surface area (Å²) in [6, 6.07) is 8.19. The largest absolute Gasteiger partial charge is 0.497 e. The number of rotatable bonds is 5. The van der Waals surface area contributed by atoms with Crippen LogP contribution in [0.1, 0.15) is 19.3 Å². The van der Waals surface area contributed by atoms with E-state index in [2.05, 4.69) is 0 Å². The van der Waals surface area contributed by atoms with Crippen molar-refractivity contribution in [2.24, 2.45) is 5.73 Å². The highest BCUT2D eigenvalue weighted by Crippen LogP contribution is 2.23. The van der Waals surface area contributed by atoms with E-state index < -0.39 is 0 Å². The number of nitrogens with two attached hydrogens (primary N) is 1. The van der Waals surface area contributed by atoms with E-state index in [1.807, 2.05) is 29.2 Å². The smallest absolute Gasteiger partial charge is 0.223 e. The van der Waals surface area contributed by atoms with Crippen LogP contribution in [0.15, 0.2) is 29.2 Å². The van der Waals surface area contributed by atoms with Crippen LogP contribution < -0.4 is 10.5 Å². The van der Waals surface area contributed by atoms with Gasteiger partial charge in [-0.15, -0.1) is 11.8 Å². The molecular formula is C15H22N2O2S. The normalized spacial score (nSPS) is 16.2. The van der Waals surface area contributed by atoms with Gasteiger partial charge in [0.05, 0.1) is 7.11 Å². The number of hydrogen-bond acceptors (Lipinski definition) is 4. The molecule has 5 heteroatoms. The Bertz CT molecular complexity index is 445. The van der Waals surface area contributed by atoms with Gasteiger partial charge in [-0.25, -0.2) is 0 Å². The zero-order valence-corrected chi connectivity index (χ0v) is 12.7. The number of hydrogen-bond donors (Lipinski definition) is 1. The van der Waals surface area contributed by atoms with Crippen LogP contribution in [-0.4, -0.2) is 42.8 Å². The Morgan fingerprint density at radius 3 is 2.90 bits per heavy atom. The van der Waals surface area contributed by atoms with Crippen LogP contribution in [-0.2, 0) is 4.79 Å². The third kappa shape index (κ3) is 4.42. The number of nitrogens with zero attached hydrogens (tertiary/aromatic N) is 1. The molecule has 1 aliphatic rings. The molecule has 1 aromatic carbocycles. The summed E-state index contributed by atoms with van der Waals surface area (Å²) in [4.78, 5) is 15.1. The molecule has 1 fully saturated rings. The predicted molar refractivity (Wildman–Crippen MR) is 82.1 cm³/mol. The average Bonchev–Trinajstić information content (AvgIpc) is 2.48. The fourth-order valence-electron chi connectivity index (χ4n) is 2.25. The van der Waals surface area contributed by atoms with Crippen LogP contribution in [0, 0.1) is 0 Å². The van der Waals surface area contributed by atoms with E-state index in [0.717, 1.165) is 42.3 Å². The summed E-state index contributed by atoms with van der Waals surface area (Å²) >= 11 is 1.69. The summed E-state index contributed by atoms with van der Waals surface area (Å²) in [7, 11) is 1.66. The topological polar surface area (TPSA) is 55.6 Å². The van der Waals surface area contributed by atoms with Crippen molar-refractivity contribution in [1.82, 2.24) is 4.90 Å². The fraction of sp³-hybridized carbons (Fsp3) is 0.533. The predicted octanol–water partition coefficient (Wildman–Crippen LogP) is 2.13. The molecular weight excluding hydrogens is 272 g/mol. The molecule has 0 atom stereocenters. The highest BCUT2D eigenvalue weighted by Gasteiger charge is 2.19. The highest BCUT2D eigenvalue weighted by atomic mass is 32.2. The number of carbonyl (C=O) groups is 1. The van der Waals surface area contributed by atoms with Gasteiger partial charge < -0.3 is 15.4 Å². The van der Waals surface area contributed by atoms with E-state index in [1.165, 1.54) is 0 Å². The molecule has 0 aliphatic carbocycles. The van der Waals surface area contributed by atoms with Gasteiger partial charge in [0.25, 0.3) is 0 Å². The monoisotopic (exact) mass is 294 g/mol. The van der Waals surface area contributed by atoms with Gasteiger partial charge in [0.1, 0.15) is 5.75 Å². The molecule has 0 bridgehead atoms. The third-order valence-corrected chi connectivity index (χ3v) is 4.51. The molecule has 0 aromatic heterocycles. The molecule has 1 heterocycles. The Hall–Kier alpha value is -1.20. The van der Waals surface area contributed by atoms with Crippen molar-refractivity contribution >= 4 is 17.7 Å². The summed E-state index contributed by atoms with van der Waals surface area (Å²) < 4.78 is 5.19. The second-order valence-electron chi connectivity index (χ2n) is 5.00. The number of benzene rings is 1. The maximum atomic E-state index is 12.1. The van der Waals surface area contributed by atoms with Gasteiger partial charge in [-0.05, 0) is 31.0 Å². The van der Waals surface area contributed by atoms with E-state index in [4.69, 9.17) is 10.5 Å². The minimum absolute atomic E-state index is 0.243. The first-order chi connectivity index (χ1) is 9.69. The molecule has 4 nitrogen and oxygen atoms in total. The number of thioether (sulfide) groups is 1. The Morgan fingerprint density at radius 1 is 1.45 bits per heavy atom. The molecule has 1 saturated heterocycles. The molecule has 1 aromatic rings. The van der Waals surface area contributed by atoms with Crippen molar-refractivity contribution in [2.45, 2.75) is 30.2 Å². The van der Waals surface area contributed by atoms with Gasteiger partial charge in [-0.1, -0.05) is 6.07 Å². The van der Waals surface area contributed by atoms with E-state index in [-0.39, 0.29) is 11.9 Å². The molecule has 2 N–H and O–H groups in total. The molecule has 0 saturated carbocycles. The van der Waals surface area contributed by atoms with Crippen LogP contribution in [0.25, 0.3) is 0 Å². The molecule has 20 heavy (non-hydrogen) atoms. The van der Waals surface area contributed by atoms with Gasteiger partial charge in [-0.2, -0.15) is 0 Å². The lowest BCUT2D eigenvalue weighted by Crippen LogP contribution is -2.42. The SMILES string of the molecule is COc1cccc(SCCC(=O)N2CCC(N)CC2)c1. The van der Waals surface area contributed by atoms with E-state index in [0.29, 0.717) is 6.42 Å². The maximum Gasteiger partial charge on any atom is 0.223 e. The van der Waals surface area contributed by atoms with Crippen LogP contribution >= 0.6 is 11.8 Å². The van der Waals surface area contributed by atoms with Crippen molar-refractivity contribution < 1.29 is 9.53 Å². The average molecular weight is 294 g/mol. The van der Waals surface area contributed by atoms with E-state index >= 15 is 0 Å². The molecule has 0 unspecified atom stereocenters. The first kappa shape index (κ1) is 15.2. The molecule has 2 rings (SSSR count). The van der Waals surface area contributed by atoms with Crippen molar-refractivity contribution in [3.8, 4) is 5.75 Å². The van der Waals surface area contributed by atoms with Gasteiger partial charge in [0.2, 0.25) is 5.91 Å². The molecule has 1 aliphatic heterocycles. The number of amides is 1. The van der Waals surface area contributed by atoms with Crippen LogP contribution in [0.2, 0.25) is 0 Å². The van der Waals surface area contributed by atoms with Crippen molar-refractivity contribution in [3.63, 3.8) is 0 Å². The zero-order valence-electron chi connectivity index (χ0n) is 11.9. The van der Waals surface area contributed by atoms with E-state index in [1.54, 1.807) is 18.9 Å². The Kier molecular flexibility index (Phi) is 5.73. The Balaban J connectivity index is 1.73. The lowest BCUT2D eigenvalue weighted by atomic mass is 10.1. The molecule has 0 radical (unpaired) electrons. The van der Waals surface area contributed by atoms with Crippen molar-refractivity contribution in [2.75, 3.05) is 26.0 Å². The molecule has 110 valence electrons. The minimum atomic E-state index is 0.243. The van der Waals surface area contributed by atoms with Gasteiger partial charge in [0, 0.05) is 36.2 Å². The first-order valence-corrected chi connectivity index (χ1v) is 7.98. The quantitative estimate of drug-likeness (QED) is 0.845. The second kappa shape index (κ2) is 7.55. The number of likely N-dealkylation sites (tertiary alicyclic amines) is 1. The number of methoxy groups -OCH3 is 1. The van der Waals surface area contributed by atoms with Gasteiger partial charge >= 0.3 is 0 Å². The van der Waals surface area contributed by atoms with Gasteiger partial charge in [-0.3, -0.25) is 4.79 Å². The molecule has 1 amide bonds. The Labute approximate surface area is 124 Å². The summed E-state index contributed by atoms with van der Waals surface area (Å²) in [6.45, 7) is 1.62. The standard InChI is InChI=1S/C15H22N2O2S/c1-19-13-3-2-4-14(11-13)20-10-7-15(18)17-8-5-12(16)6-9-17/h2-4,11-12H,5-10,16H2,1H3. The highest BCUT2D eigenvalue weighted by molar-refractivity contribution is 7.99. The first-order valence-electron chi connectivity index (χ1n) is 6.99. The zero-order chi connectivity index (χ0) is 14.4. The maximum absolute atomic E-state index is 12.1. The van der Waals surface area contributed by atoms with Crippen LogP contribution in [0.4, 0.5) is 0 Å². The second-order valence-corrected chi connectivity index (χ2v) is 6.16. The summed E-state index contributed by atoms with van der Waals surface area (Å²) in [5.41, 5.74) is 5.85. The fourth-order valence-corrected chi connectivity index (χ4v) is 3.14. The van der Waals surface area contributed by atoms with Crippen LogP contribution in [0.5, 0.6) is 5.75 Å². The number of piperidine rings is 1. The van der Waals surface area contributed by atoms with E-state index in [9.17, 15) is 4.79 Å². The summed E-state index contributed by atoms with van der Waals surface area (Å²) in [5.74, 6) is 1.90. The van der Waals surface area contributed by atoms with Crippen molar-refractivity contribution in [3.05, 3.63) is 24.3 Å². The Morgan fingerprint density at radius 2 is 2.20 bits per heavy atom. The third-order valence-electron chi connectivity index (χ3n) is 3.52. The molecule has 0 spiro atoms. The lowest BCUT2D eigenvalue weighted by Gasteiger charge is -2.30. The summed E-state index contributed by atoms with van der Waals surface area (Å²) in [6.07, 6.45) is 2.43. The number of ether oxygens (including phenoxy) is 1. The summed E-state index contributed by atoms with van der Waals surface area (Å²) in [5, 5.41) is 0. The lowest BCUT2D eigenvalue weighted by molar-refractivity contribution is -0.131. The minimum Gasteiger partial charge on any atom is -0.497 e. The van der Waals surface area contributed by atoms with Gasteiger partial charge in [0.15, 0.2) is 0 Å². The number of carbonyl (C=O) groups excluding carboxylic acids is 1. The van der Waals surface area contributed by atoms with Crippen LogP contribution in [0.3, 0.4) is 0 Å². The van der Waals surface area contributed by atoms with Crippen molar-refractivity contribution in [1.29, 1.82) is 0 Å².